The Morgan fingerprint density at radius 1 is 1.07 bits per heavy atom. The van der Waals surface area contributed by atoms with Crippen molar-refractivity contribution in [3.63, 3.8) is 0 Å². The van der Waals surface area contributed by atoms with Gasteiger partial charge in [-0.2, -0.15) is 5.10 Å². The summed E-state index contributed by atoms with van der Waals surface area (Å²) in [5, 5.41) is 10.3. The Morgan fingerprint density at radius 2 is 1.80 bits per heavy atom. The highest BCUT2D eigenvalue weighted by atomic mass is 16.5. The minimum Gasteiger partial charge on any atom is -0.381 e. The molecule has 7 aliphatic rings. The zero-order valence-electron chi connectivity index (χ0n) is 27.5. The summed E-state index contributed by atoms with van der Waals surface area (Å²) in [7, 11) is 1.57. The number of nitrogens with zero attached hydrogens (tertiary/aromatic N) is 4. The number of carbonyl (C=O) groups is 4. The molecule has 0 aromatic carbocycles. The summed E-state index contributed by atoms with van der Waals surface area (Å²) in [6, 6.07) is -0.932. The fourth-order valence-corrected chi connectivity index (χ4v) is 9.30. The third-order valence-electron chi connectivity index (χ3n) is 12.2. The van der Waals surface area contributed by atoms with E-state index in [1.165, 1.54) is 19.3 Å². The van der Waals surface area contributed by atoms with Crippen LogP contribution in [0.4, 0.5) is 0 Å². The van der Waals surface area contributed by atoms with Crippen molar-refractivity contribution in [3.05, 3.63) is 18.0 Å². The molecule has 2 bridgehead atoms. The molecule has 5 saturated heterocycles. The highest BCUT2D eigenvalue weighted by Crippen LogP contribution is 2.63. The van der Waals surface area contributed by atoms with E-state index in [1.54, 1.807) is 24.3 Å². The van der Waals surface area contributed by atoms with Crippen LogP contribution in [0.5, 0.6) is 0 Å². The SMILES string of the molecule is CNC(=O)[C@H]1NC(=O)[C@@H]2CN(C(=O)c3cnn(CC4CCOCC4)c3)CC23CN(C3)C(=O)[C@H]2C([C@H]1OCC1CCCCC1)C2(C)C. The zero-order valence-corrected chi connectivity index (χ0v) is 27.5. The van der Waals surface area contributed by atoms with E-state index < -0.39 is 23.5 Å². The van der Waals surface area contributed by atoms with Crippen molar-refractivity contribution >= 4 is 23.6 Å². The van der Waals surface area contributed by atoms with Crippen molar-refractivity contribution in [2.75, 3.05) is 53.0 Å². The predicted molar refractivity (Wildman–Crippen MR) is 167 cm³/mol. The first-order valence-electron chi connectivity index (χ1n) is 17.4. The van der Waals surface area contributed by atoms with Gasteiger partial charge in [-0.25, -0.2) is 0 Å². The van der Waals surface area contributed by atoms with Gasteiger partial charge in [-0.3, -0.25) is 23.9 Å². The van der Waals surface area contributed by atoms with Gasteiger partial charge in [-0.05, 0) is 42.9 Å². The van der Waals surface area contributed by atoms with E-state index in [4.69, 9.17) is 9.47 Å². The maximum atomic E-state index is 14.2. The number of hydrogen-bond donors (Lipinski definition) is 2. The Kier molecular flexibility index (Phi) is 8.40. The lowest BCUT2D eigenvalue weighted by molar-refractivity contribution is -0.151. The molecule has 2 aliphatic carbocycles. The number of fused-ring (bicyclic) bond motifs is 3. The molecule has 1 spiro atoms. The second kappa shape index (κ2) is 12.2. The van der Waals surface area contributed by atoms with Crippen LogP contribution >= 0.6 is 0 Å². The predicted octanol–water partition coefficient (Wildman–Crippen LogP) is 1.69. The van der Waals surface area contributed by atoms with E-state index in [0.29, 0.717) is 43.6 Å². The van der Waals surface area contributed by atoms with Crippen LogP contribution in [0.2, 0.25) is 0 Å². The molecule has 12 heteroatoms. The molecule has 1 unspecified atom stereocenters. The van der Waals surface area contributed by atoms with Crippen molar-refractivity contribution in [1.82, 2.24) is 30.2 Å². The summed E-state index contributed by atoms with van der Waals surface area (Å²) in [6.45, 7) is 8.36. The first-order valence-corrected chi connectivity index (χ1v) is 17.4. The summed E-state index contributed by atoms with van der Waals surface area (Å²) < 4.78 is 13.9. The number of ether oxygens (including phenoxy) is 2. The molecular formula is C34H50N6O6. The van der Waals surface area contributed by atoms with Crippen LogP contribution in [-0.4, -0.2) is 108 Å². The van der Waals surface area contributed by atoms with Gasteiger partial charge in [0, 0.05) is 83.0 Å². The van der Waals surface area contributed by atoms with Gasteiger partial charge in [-0.1, -0.05) is 33.1 Å². The molecule has 1 aromatic rings. The quantitative estimate of drug-likeness (QED) is 0.464. The maximum absolute atomic E-state index is 14.2. The number of rotatable bonds is 7. The molecule has 0 radical (unpaired) electrons. The van der Waals surface area contributed by atoms with Crippen LogP contribution in [0.25, 0.3) is 0 Å². The van der Waals surface area contributed by atoms with Crippen molar-refractivity contribution in [1.29, 1.82) is 0 Å². The molecule has 1 aromatic heterocycles. The molecule has 252 valence electrons. The third kappa shape index (κ3) is 5.63. The van der Waals surface area contributed by atoms with Crippen LogP contribution < -0.4 is 10.6 Å². The maximum Gasteiger partial charge on any atom is 0.257 e. The Bertz CT molecular complexity index is 1340. The van der Waals surface area contributed by atoms with Gasteiger partial charge in [0.1, 0.15) is 6.04 Å². The fraction of sp³-hybridized carbons (Fsp3) is 0.794. The van der Waals surface area contributed by atoms with E-state index in [1.807, 2.05) is 9.58 Å². The first kappa shape index (κ1) is 31.6. The summed E-state index contributed by atoms with van der Waals surface area (Å²) in [6.07, 6.45) is 10.5. The lowest BCUT2D eigenvalue weighted by Gasteiger charge is -2.50. The number of aromatic nitrogens is 2. The van der Waals surface area contributed by atoms with Crippen molar-refractivity contribution < 1.29 is 28.7 Å². The van der Waals surface area contributed by atoms with Gasteiger partial charge in [0.2, 0.25) is 17.7 Å². The number of carbonyl (C=O) groups excluding carboxylic acids is 4. The molecule has 2 saturated carbocycles. The summed E-state index contributed by atoms with van der Waals surface area (Å²) in [4.78, 5) is 59.1. The first-order chi connectivity index (χ1) is 22.1. The van der Waals surface area contributed by atoms with Crippen LogP contribution in [-0.2, 0) is 30.4 Å². The highest BCUT2D eigenvalue weighted by molar-refractivity contribution is 5.96. The molecule has 6 heterocycles. The van der Waals surface area contributed by atoms with Gasteiger partial charge >= 0.3 is 0 Å². The van der Waals surface area contributed by atoms with E-state index >= 15 is 0 Å². The van der Waals surface area contributed by atoms with Crippen LogP contribution in [0, 0.1) is 40.4 Å². The van der Waals surface area contributed by atoms with Gasteiger partial charge in [0.25, 0.3) is 5.91 Å². The molecule has 46 heavy (non-hydrogen) atoms. The van der Waals surface area contributed by atoms with Gasteiger partial charge in [0.05, 0.1) is 23.8 Å². The molecule has 5 atom stereocenters. The summed E-state index contributed by atoms with van der Waals surface area (Å²) >= 11 is 0. The lowest BCUT2D eigenvalue weighted by Crippen LogP contribution is -2.65. The second-order valence-corrected chi connectivity index (χ2v) is 15.5. The largest absolute Gasteiger partial charge is 0.381 e. The van der Waals surface area contributed by atoms with Gasteiger partial charge in [0.15, 0.2) is 0 Å². The Balaban J connectivity index is 1.12. The number of amides is 4. The third-order valence-corrected chi connectivity index (χ3v) is 12.2. The molecule has 8 rings (SSSR count). The van der Waals surface area contributed by atoms with Crippen molar-refractivity contribution in [2.45, 2.75) is 77.5 Å². The van der Waals surface area contributed by atoms with E-state index in [0.717, 1.165) is 45.4 Å². The van der Waals surface area contributed by atoms with Crippen molar-refractivity contribution in [3.8, 4) is 0 Å². The second-order valence-electron chi connectivity index (χ2n) is 15.5. The van der Waals surface area contributed by atoms with Crippen LogP contribution in [0.1, 0.15) is 69.2 Å². The molecule has 7 fully saturated rings. The van der Waals surface area contributed by atoms with E-state index in [9.17, 15) is 19.2 Å². The molecule has 5 aliphatic heterocycles. The average Bonchev–Trinajstić information content (AvgIpc) is 3.37. The summed E-state index contributed by atoms with van der Waals surface area (Å²) in [5.74, 6) is -0.810. The number of hydrogen-bond acceptors (Lipinski definition) is 7. The summed E-state index contributed by atoms with van der Waals surface area (Å²) in [5.41, 5.74) is -0.425. The highest BCUT2D eigenvalue weighted by Gasteiger charge is 2.70. The van der Waals surface area contributed by atoms with Gasteiger partial charge < -0.3 is 29.9 Å². The van der Waals surface area contributed by atoms with Gasteiger partial charge in [-0.15, -0.1) is 0 Å². The number of likely N-dealkylation sites (tertiary alicyclic amines) is 1. The zero-order chi connectivity index (χ0) is 32.2. The standard InChI is InChI=1S/C34H50N6O6/c1-33(2)25-26(33)32(44)39-19-34(20-39)18-38(31(43)23-13-36-40(15-23)14-21-9-11-45-12-10-21)16-24(34)29(41)37-27(30(42)35-3)28(25)46-17-22-7-5-4-6-8-22/h13,15,21-22,24-28H,4-12,14,16-20H2,1-3H3,(H,35,42)(H,37,41)/t24-,25?,26+,27-,28+/m0/s1. The smallest absolute Gasteiger partial charge is 0.257 e. The fourth-order valence-electron chi connectivity index (χ4n) is 9.30. The topological polar surface area (TPSA) is 135 Å². The van der Waals surface area contributed by atoms with Crippen LogP contribution in [0.3, 0.4) is 0 Å². The molecule has 12 nitrogen and oxygen atoms in total. The Morgan fingerprint density at radius 3 is 2.52 bits per heavy atom. The number of nitrogens with one attached hydrogen (secondary N) is 2. The monoisotopic (exact) mass is 638 g/mol. The van der Waals surface area contributed by atoms with E-state index in [2.05, 4.69) is 29.6 Å². The number of likely N-dealkylation sites (N-methyl/N-ethyl adjacent to an activating group) is 1. The minimum absolute atomic E-state index is 0.0646. The van der Waals surface area contributed by atoms with E-state index in [-0.39, 0.29) is 47.4 Å². The minimum atomic E-state index is -0.932. The van der Waals surface area contributed by atoms with Crippen molar-refractivity contribution in [2.24, 2.45) is 40.4 Å². The average molecular weight is 639 g/mol. The molecule has 2 N–H and O–H groups in total. The van der Waals surface area contributed by atoms with Crippen LogP contribution in [0.15, 0.2) is 12.4 Å². The Labute approximate surface area is 271 Å². The lowest BCUT2D eigenvalue weighted by atomic mass is 9.71. The normalized spacial score (nSPS) is 32.5. The molecular weight excluding hydrogens is 588 g/mol. The Hall–Kier alpha value is -2.99. The molecule has 4 amide bonds.